The van der Waals surface area contributed by atoms with Crippen molar-refractivity contribution in [3.05, 3.63) is 63.0 Å². The number of nitrogens with one attached hydrogen (secondary N) is 2. The molecule has 126 valence electrons. The zero-order valence-corrected chi connectivity index (χ0v) is 16.1. The van der Waals surface area contributed by atoms with Gasteiger partial charge in [-0.25, -0.2) is 0 Å². The molecule has 3 N–H and O–H groups in total. The Morgan fingerprint density at radius 1 is 1.17 bits per heavy atom. The zero-order chi connectivity index (χ0) is 17.7. The number of hydrogen-bond donors (Lipinski definition) is 3. The van der Waals surface area contributed by atoms with Gasteiger partial charge in [-0.15, -0.1) is 0 Å². The molecular formula is C17H16Br2N2O3. The number of benzene rings is 2. The molecule has 0 bridgehead atoms. The first-order valence-electron chi connectivity index (χ1n) is 6.98. The molecule has 2 aromatic rings. The number of carbonyl (C=O) groups is 1. The van der Waals surface area contributed by atoms with E-state index in [1.165, 1.54) is 0 Å². The summed E-state index contributed by atoms with van der Waals surface area (Å²) in [6, 6.07) is 10.3. The van der Waals surface area contributed by atoms with E-state index in [1.807, 2.05) is 19.1 Å². The van der Waals surface area contributed by atoms with E-state index in [0.29, 0.717) is 11.4 Å². The van der Waals surface area contributed by atoms with E-state index in [0.717, 1.165) is 20.1 Å². The lowest BCUT2D eigenvalue weighted by atomic mass is 10.2. The first kappa shape index (κ1) is 18.4. The number of phenols is 1. The Morgan fingerprint density at radius 3 is 2.33 bits per heavy atom. The van der Waals surface area contributed by atoms with Crippen LogP contribution < -0.4 is 15.6 Å². The van der Waals surface area contributed by atoms with Gasteiger partial charge >= 0.3 is 0 Å². The second kappa shape index (κ2) is 8.21. The normalized spacial score (nSPS) is 10.1. The number of phenolic OH excluding ortho intramolecular Hbond substituents is 1. The van der Waals surface area contributed by atoms with Gasteiger partial charge in [-0.2, -0.15) is 0 Å². The molecule has 0 heterocycles. The standard InChI is InChI=1S/C17H16Br2N2O3/c1-10-7-14(18)17(15(19)8-10)24-9-16(23)21-20-11(2)12-3-5-13(22)6-4-12/h3-8,20,22H,2,9H2,1H3,(H,21,23). The van der Waals surface area contributed by atoms with Crippen molar-refractivity contribution in [3.8, 4) is 11.5 Å². The topological polar surface area (TPSA) is 70.6 Å². The first-order chi connectivity index (χ1) is 11.4. The molecule has 0 unspecified atom stereocenters. The van der Waals surface area contributed by atoms with Gasteiger partial charge in [0.25, 0.3) is 5.91 Å². The van der Waals surface area contributed by atoms with Gasteiger partial charge in [-0.05, 0) is 86.3 Å². The van der Waals surface area contributed by atoms with E-state index in [2.05, 4.69) is 49.3 Å². The van der Waals surface area contributed by atoms with Crippen LogP contribution in [0.2, 0.25) is 0 Å². The SMILES string of the molecule is C=C(NNC(=O)COc1c(Br)cc(C)cc1Br)c1ccc(O)cc1. The molecule has 5 nitrogen and oxygen atoms in total. The van der Waals surface area contributed by atoms with Gasteiger partial charge in [0.1, 0.15) is 11.5 Å². The highest BCUT2D eigenvalue weighted by atomic mass is 79.9. The highest BCUT2D eigenvalue weighted by molar-refractivity contribution is 9.11. The number of hydrazine groups is 1. The minimum absolute atomic E-state index is 0.157. The van der Waals surface area contributed by atoms with E-state index in [4.69, 9.17) is 4.74 Å². The minimum atomic E-state index is -0.352. The predicted octanol–water partition coefficient (Wildman–Crippen LogP) is 3.90. The summed E-state index contributed by atoms with van der Waals surface area (Å²) in [6.07, 6.45) is 0. The molecule has 0 aliphatic heterocycles. The van der Waals surface area contributed by atoms with Crippen molar-refractivity contribution in [2.45, 2.75) is 6.92 Å². The molecule has 0 saturated heterocycles. The van der Waals surface area contributed by atoms with E-state index >= 15 is 0 Å². The van der Waals surface area contributed by atoms with Crippen LogP contribution in [0.1, 0.15) is 11.1 Å². The lowest BCUT2D eigenvalue weighted by Crippen LogP contribution is -2.39. The van der Waals surface area contributed by atoms with Crippen LogP contribution in [0, 0.1) is 6.92 Å². The number of aryl methyl sites for hydroxylation is 1. The maximum absolute atomic E-state index is 11.9. The maximum atomic E-state index is 11.9. The Labute approximate surface area is 156 Å². The van der Waals surface area contributed by atoms with Crippen LogP contribution in [-0.2, 0) is 4.79 Å². The second-order valence-electron chi connectivity index (χ2n) is 5.04. The Bertz CT molecular complexity index is 738. The Morgan fingerprint density at radius 2 is 1.75 bits per heavy atom. The van der Waals surface area contributed by atoms with E-state index in [-0.39, 0.29) is 18.3 Å². The van der Waals surface area contributed by atoms with Crippen molar-refractivity contribution in [2.24, 2.45) is 0 Å². The van der Waals surface area contributed by atoms with Gasteiger partial charge in [0.05, 0.1) is 14.6 Å². The van der Waals surface area contributed by atoms with Gasteiger partial charge in [-0.1, -0.05) is 6.58 Å². The molecule has 7 heteroatoms. The molecule has 0 spiro atoms. The van der Waals surface area contributed by atoms with Gasteiger partial charge in [0.2, 0.25) is 0 Å². The number of amides is 1. The molecule has 0 radical (unpaired) electrons. The van der Waals surface area contributed by atoms with Crippen LogP contribution in [0.4, 0.5) is 0 Å². The van der Waals surface area contributed by atoms with Crippen LogP contribution in [0.15, 0.2) is 51.9 Å². The molecule has 2 aromatic carbocycles. The monoisotopic (exact) mass is 454 g/mol. The number of rotatable bonds is 6. The average Bonchev–Trinajstić information content (AvgIpc) is 2.52. The third-order valence-corrected chi connectivity index (χ3v) is 4.24. The van der Waals surface area contributed by atoms with E-state index in [9.17, 15) is 9.90 Å². The molecule has 0 aliphatic carbocycles. The summed E-state index contributed by atoms with van der Waals surface area (Å²) < 4.78 is 7.06. The fourth-order valence-electron chi connectivity index (χ4n) is 1.88. The van der Waals surface area contributed by atoms with Crippen LogP contribution in [0.25, 0.3) is 5.70 Å². The molecule has 0 fully saturated rings. The van der Waals surface area contributed by atoms with Gasteiger partial charge in [-0.3, -0.25) is 15.6 Å². The van der Waals surface area contributed by atoms with E-state index in [1.54, 1.807) is 24.3 Å². The van der Waals surface area contributed by atoms with Crippen LogP contribution in [-0.4, -0.2) is 17.6 Å². The summed E-state index contributed by atoms with van der Waals surface area (Å²) in [5, 5.41) is 9.25. The molecule has 0 atom stereocenters. The third-order valence-electron chi connectivity index (χ3n) is 3.06. The molecule has 1 amide bonds. The predicted molar refractivity (Wildman–Crippen MR) is 100 cm³/mol. The lowest BCUT2D eigenvalue weighted by Gasteiger charge is -2.13. The summed E-state index contributed by atoms with van der Waals surface area (Å²) in [6.45, 7) is 5.63. The average molecular weight is 456 g/mol. The molecule has 2 rings (SSSR count). The van der Waals surface area contributed by atoms with Crippen molar-refractivity contribution in [3.63, 3.8) is 0 Å². The number of aromatic hydroxyl groups is 1. The van der Waals surface area contributed by atoms with Crippen LogP contribution in [0.5, 0.6) is 11.5 Å². The van der Waals surface area contributed by atoms with Crippen molar-refractivity contribution in [1.29, 1.82) is 0 Å². The van der Waals surface area contributed by atoms with Gasteiger partial charge in [0, 0.05) is 0 Å². The van der Waals surface area contributed by atoms with Crippen molar-refractivity contribution in [1.82, 2.24) is 10.9 Å². The summed E-state index contributed by atoms with van der Waals surface area (Å²) in [5.41, 5.74) is 7.54. The smallest absolute Gasteiger partial charge is 0.276 e. The van der Waals surface area contributed by atoms with Crippen molar-refractivity contribution in [2.75, 3.05) is 6.61 Å². The van der Waals surface area contributed by atoms with Gasteiger partial charge in [0.15, 0.2) is 6.61 Å². The molecule has 24 heavy (non-hydrogen) atoms. The number of halogens is 2. The number of carbonyl (C=O) groups excluding carboxylic acids is 1. The molecule has 0 aliphatic rings. The minimum Gasteiger partial charge on any atom is -0.508 e. The first-order valence-corrected chi connectivity index (χ1v) is 8.57. The molecular weight excluding hydrogens is 440 g/mol. The summed E-state index contributed by atoms with van der Waals surface area (Å²) in [4.78, 5) is 11.9. The molecule has 0 aromatic heterocycles. The maximum Gasteiger partial charge on any atom is 0.276 e. The highest BCUT2D eigenvalue weighted by Crippen LogP contribution is 2.34. The Hall–Kier alpha value is -1.99. The zero-order valence-electron chi connectivity index (χ0n) is 12.9. The number of hydrogen-bond acceptors (Lipinski definition) is 4. The van der Waals surface area contributed by atoms with Crippen LogP contribution >= 0.6 is 31.9 Å². The number of ether oxygens (including phenoxy) is 1. The van der Waals surface area contributed by atoms with Crippen LogP contribution in [0.3, 0.4) is 0 Å². The fraction of sp³-hybridized carbons (Fsp3) is 0.118. The Kier molecular flexibility index (Phi) is 6.28. The summed E-state index contributed by atoms with van der Waals surface area (Å²) in [7, 11) is 0. The molecule has 0 saturated carbocycles. The summed E-state index contributed by atoms with van der Waals surface area (Å²) in [5.74, 6) is 0.376. The lowest BCUT2D eigenvalue weighted by molar-refractivity contribution is -0.123. The second-order valence-corrected chi connectivity index (χ2v) is 6.75. The summed E-state index contributed by atoms with van der Waals surface area (Å²) >= 11 is 6.82. The van der Waals surface area contributed by atoms with Crippen molar-refractivity contribution < 1.29 is 14.6 Å². The Balaban J connectivity index is 1.86. The fourth-order valence-corrected chi connectivity index (χ4v) is 3.52. The quantitative estimate of drug-likeness (QED) is 0.578. The van der Waals surface area contributed by atoms with Gasteiger partial charge < -0.3 is 9.84 Å². The largest absolute Gasteiger partial charge is 0.508 e. The van der Waals surface area contributed by atoms with Crippen molar-refractivity contribution >= 4 is 43.5 Å². The third kappa shape index (κ3) is 5.01. The van der Waals surface area contributed by atoms with E-state index < -0.39 is 0 Å². The highest BCUT2D eigenvalue weighted by Gasteiger charge is 2.10.